The number of H-pyrrole nitrogens is 1. The Kier molecular flexibility index (Phi) is 3.96. The van der Waals surface area contributed by atoms with Gasteiger partial charge in [0.25, 0.3) is 0 Å². The number of allylic oxidation sites excluding steroid dienone is 2. The number of nitrogens with one attached hydrogen (secondary N) is 2. The van der Waals surface area contributed by atoms with E-state index in [-0.39, 0.29) is 18.2 Å². The van der Waals surface area contributed by atoms with E-state index in [4.69, 9.17) is 0 Å². The second-order valence-corrected chi connectivity index (χ2v) is 5.60. The van der Waals surface area contributed by atoms with Crippen molar-refractivity contribution in [3.8, 4) is 0 Å². The van der Waals surface area contributed by atoms with Gasteiger partial charge in [-0.25, -0.2) is 4.79 Å². The largest absolute Gasteiger partial charge is 0.480 e. The molecule has 1 aliphatic rings. The molecule has 3 rings (SSSR count). The molecule has 5 nitrogen and oxygen atoms in total. The highest BCUT2D eigenvalue weighted by atomic mass is 16.4. The quantitative estimate of drug-likeness (QED) is 0.740. The lowest BCUT2D eigenvalue weighted by Crippen LogP contribution is -2.44. The molecule has 22 heavy (non-hydrogen) atoms. The van der Waals surface area contributed by atoms with Crippen LogP contribution in [-0.4, -0.2) is 28.0 Å². The van der Waals surface area contributed by atoms with E-state index in [2.05, 4.69) is 10.3 Å². The van der Waals surface area contributed by atoms with E-state index >= 15 is 0 Å². The van der Waals surface area contributed by atoms with Crippen molar-refractivity contribution >= 4 is 22.8 Å². The van der Waals surface area contributed by atoms with Gasteiger partial charge in [0.15, 0.2) is 0 Å². The Labute approximate surface area is 128 Å². The van der Waals surface area contributed by atoms with Gasteiger partial charge in [-0.2, -0.15) is 0 Å². The predicted molar refractivity (Wildman–Crippen MR) is 83.4 cm³/mol. The molecule has 0 fully saturated rings. The lowest BCUT2D eigenvalue weighted by molar-refractivity contribution is -0.142. The molecule has 3 N–H and O–H groups in total. The predicted octanol–water partition coefficient (Wildman–Crippen LogP) is 2.25. The van der Waals surface area contributed by atoms with Crippen LogP contribution in [0.25, 0.3) is 10.9 Å². The minimum atomic E-state index is -1.01. The SMILES string of the molecule is O=C(NC(Cc1c[nH]c2ccccc12)C(=O)O)C1CC=CC1. The fourth-order valence-corrected chi connectivity index (χ4v) is 2.84. The molecule has 114 valence electrons. The van der Waals surface area contributed by atoms with Crippen molar-refractivity contribution in [2.45, 2.75) is 25.3 Å². The van der Waals surface area contributed by atoms with Crippen LogP contribution in [0.2, 0.25) is 0 Å². The molecule has 1 aliphatic carbocycles. The summed E-state index contributed by atoms with van der Waals surface area (Å²) in [7, 11) is 0. The first kappa shape index (κ1) is 14.4. The van der Waals surface area contributed by atoms with E-state index in [0.717, 1.165) is 16.5 Å². The first-order valence-corrected chi connectivity index (χ1v) is 7.38. The summed E-state index contributed by atoms with van der Waals surface area (Å²) in [6.07, 6.45) is 7.37. The Morgan fingerprint density at radius 2 is 2.00 bits per heavy atom. The van der Waals surface area contributed by atoms with E-state index in [9.17, 15) is 14.7 Å². The van der Waals surface area contributed by atoms with E-state index in [0.29, 0.717) is 12.8 Å². The smallest absolute Gasteiger partial charge is 0.326 e. The summed E-state index contributed by atoms with van der Waals surface area (Å²) in [4.78, 5) is 26.7. The van der Waals surface area contributed by atoms with Gasteiger partial charge in [0.1, 0.15) is 6.04 Å². The van der Waals surface area contributed by atoms with Gasteiger partial charge in [0, 0.05) is 29.4 Å². The molecule has 1 atom stereocenters. The lowest BCUT2D eigenvalue weighted by Gasteiger charge is -2.17. The van der Waals surface area contributed by atoms with E-state index in [1.807, 2.05) is 42.6 Å². The highest BCUT2D eigenvalue weighted by Gasteiger charge is 2.26. The van der Waals surface area contributed by atoms with E-state index in [1.165, 1.54) is 0 Å². The molecule has 0 aliphatic heterocycles. The zero-order valence-corrected chi connectivity index (χ0v) is 12.1. The maximum atomic E-state index is 12.1. The number of hydrogen-bond acceptors (Lipinski definition) is 2. The van der Waals surface area contributed by atoms with Gasteiger partial charge in [-0.3, -0.25) is 4.79 Å². The monoisotopic (exact) mass is 298 g/mol. The van der Waals surface area contributed by atoms with Crippen LogP contribution in [0.5, 0.6) is 0 Å². The number of amides is 1. The third-order valence-electron chi connectivity index (χ3n) is 4.09. The fraction of sp³-hybridized carbons (Fsp3) is 0.294. The second kappa shape index (κ2) is 6.05. The number of hydrogen-bond donors (Lipinski definition) is 3. The van der Waals surface area contributed by atoms with Crippen molar-refractivity contribution in [1.29, 1.82) is 0 Å². The van der Waals surface area contributed by atoms with Crippen LogP contribution >= 0.6 is 0 Å². The number of aromatic amines is 1. The number of rotatable bonds is 5. The van der Waals surface area contributed by atoms with Gasteiger partial charge in [-0.15, -0.1) is 0 Å². The van der Waals surface area contributed by atoms with E-state index < -0.39 is 12.0 Å². The molecule has 2 aromatic rings. The van der Waals surface area contributed by atoms with Gasteiger partial charge in [-0.05, 0) is 24.5 Å². The Hall–Kier alpha value is -2.56. The van der Waals surface area contributed by atoms with Gasteiger partial charge in [-0.1, -0.05) is 30.4 Å². The van der Waals surface area contributed by atoms with Crippen molar-refractivity contribution in [3.63, 3.8) is 0 Å². The number of para-hydroxylation sites is 1. The maximum Gasteiger partial charge on any atom is 0.326 e. The summed E-state index contributed by atoms with van der Waals surface area (Å²) in [5.41, 5.74) is 1.86. The summed E-state index contributed by atoms with van der Waals surface area (Å²) < 4.78 is 0. The van der Waals surface area contributed by atoms with Crippen LogP contribution in [0.3, 0.4) is 0 Å². The number of carboxylic acid groups (broad SMARTS) is 1. The van der Waals surface area contributed by atoms with Crippen LogP contribution in [0.15, 0.2) is 42.6 Å². The fourth-order valence-electron chi connectivity index (χ4n) is 2.84. The van der Waals surface area contributed by atoms with E-state index in [1.54, 1.807) is 0 Å². The van der Waals surface area contributed by atoms with Gasteiger partial charge < -0.3 is 15.4 Å². The average molecular weight is 298 g/mol. The zero-order valence-electron chi connectivity index (χ0n) is 12.1. The van der Waals surface area contributed by atoms with Gasteiger partial charge in [0.2, 0.25) is 5.91 Å². The molecule has 1 amide bonds. The van der Waals surface area contributed by atoms with Crippen LogP contribution in [0, 0.1) is 5.92 Å². The molecule has 0 bridgehead atoms. The van der Waals surface area contributed by atoms with Crippen molar-refractivity contribution < 1.29 is 14.7 Å². The summed E-state index contributed by atoms with van der Waals surface area (Å²) in [5, 5.41) is 13.1. The normalized spacial score (nSPS) is 16.0. The molecular weight excluding hydrogens is 280 g/mol. The third kappa shape index (κ3) is 2.88. The number of carbonyl (C=O) groups excluding carboxylic acids is 1. The molecule has 5 heteroatoms. The topological polar surface area (TPSA) is 82.2 Å². The molecule has 1 aromatic carbocycles. The van der Waals surface area contributed by atoms with Crippen molar-refractivity contribution in [3.05, 3.63) is 48.2 Å². The lowest BCUT2D eigenvalue weighted by atomic mass is 10.0. The van der Waals surface area contributed by atoms with Crippen molar-refractivity contribution in [2.24, 2.45) is 5.92 Å². The number of benzene rings is 1. The number of aromatic nitrogens is 1. The summed E-state index contributed by atoms with van der Waals surface area (Å²) in [5.74, 6) is -1.33. The zero-order chi connectivity index (χ0) is 15.5. The number of carbonyl (C=O) groups is 2. The maximum absolute atomic E-state index is 12.1. The highest BCUT2D eigenvalue weighted by molar-refractivity contribution is 5.87. The molecular formula is C17H18N2O3. The summed E-state index contributed by atoms with van der Waals surface area (Å²) in [6.45, 7) is 0. The van der Waals surface area contributed by atoms with Gasteiger partial charge in [0.05, 0.1) is 0 Å². The standard InChI is InChI=1S/C17H18N2O3/c20-16(11-5-1-2-6-11)19-15(17(21)22)9-12-10-18-14-8-4-3-7-13(12)14/h1-4,7-8,10-11,15,18H,5-6,9H2,(H,19,20)(H,21,22). The number of carboxylic acids is 1. The average Bonchev–Trinajstić information content (AvgIpc) is 3.16. The number of fused-ring (bicyclic) bond motifs is 1. The van der Waals surface area contributed by atoms with Crippen LogP contribution in [0.1, 0.15) is 18.4 Å². The first-order chi connectivity index (χ1) is 10.6. The number of aliphatic carboxylic acids is 1. The van der Waals surface area contributed by atoms with Crippen LogP contribution in [0.4, 0.5) is 0 Å². The molecule has 0 saturated heterocycles. The van der Waals surface area contributed by atoms with Crippen molar-refractivity contribution in [1.82, 2.24) is 10.3 Å². The third-order valence-corrected chi connectivity index (χ3v) is 4.09. The minimum Gasteiger partial charge on any atom is -0.480 e. The second-order valence-electron chi connectivity index (χ2n) is 5.60. The minimum absolute atomic E-state index is 0.134. The van der Waals surface area contributed by atoms with Crippen LogP contribution < -0.4 is 5.32 Å². The molecule has 0 radical (unpaired) electrons. The highest BCUT2D eigenvalue weighted by Crippen LogP contribution is 2.21. The molecule has 1 unspecified atom stereocenters. The summed E-state index contributed by atoms with van der Waals surface area (Å²) in [6, 6.07) is 6.82. The van der Waals surface area contributed by atoms with Gasteiger partial charge >= 0.3 is 5.97 Å². The van der Waals surface area contributed by atoms with Crippen LogP contribution in [-0.2, 0) is 16.0 Å². The first-order valence-electron chi connectivity index (χ1n) is 7.38. The molecule has 1 aromatic heterocycles. The molecule has 1 heterocycles. The Morgan fingerprint density at radius 1 is 1.27 bits per heavy atom. The summed E-state index contributed by atoms with van der Waals surface area (Å²) >= 11 is 0. The Morgan fingerprint density at radius 3 is 2.73 bits per heavy atom. The Balaban J connectivity index is 1.74. The molecule has 0 saturated carbocycles. The molecule has 0 spiro atoms. The Bertz CT molecular complexity index is 724. The van der Waals surface area contributed by atoms with Crippen molar-refractivity contribution in [2.75, 3.05) is 0 Å².